The Kier molecular flexibility index (Phi) is 6.51. The van der Waals surface area contributed by atoms with Crippen LogP contribution in [0.3, 0.4) is 0 Å². The van der Waals surface area contributed by atoms with Gasteiger partial charge < -0.3 is 0 Å². The van der Waals surface area contributed by atoms with Crippen molar-refractivity contribution in [3.05, 3.63) is 6.42 Å². The summed E-state index contributed by atoms with van der Waals surface area (Å²) in [6, 6.07) is 0. The zero-order valence-electron chi connectivity index (χ0n) is 9.32. The van der Waals surface area contributed by atoms with Gasteiger partial charge in [0.2, 0.25) is 0 Å². The lowest BCUT2D eigenvalue weighted by molar-refractivity contribution is 0.400. The molecule has 0 heterocycles. The summed E-state index contributed by atoms with van der Waals surface area (Å²) in [6.45, 7) is 9.18. The van der Waals surface area contributed by atoms with E-state index in [1.165, 1.54) is 38.5 Å². The van der Waals surface area contributed by atoms with Crippen LogP contribution in [0.15, 0.2) is 0 Å². The largest absolute Gasteiger partial charge is 0.0654 e. The number of unbranched alkanes of at least 4 members (excludes halogenated alkanes) is 4. The third kappa shape index (κ3) is 6.69. The highest BCUT2D eigenvalue weighted by Gasteiger charge is 2.13. The van der Waals surface area contributed by atoms with Crippen molar-refractivity contribution in [1.82, 2.24) is 0 Å². The summed E-state index contributed by atoms with van der Waals surface area (Å²) in [6.07, 6.45) is 10.6. The fraction of sp³-hybridized carbons (Fsp3) is 0.917. The highest BCUT2D eigenvalue weighted by atomic mass is 14.2. The summed E-state index contributed by atoms with van der Waals surface area (Å²) < 4.78 is 0. The molecular weight excluding hydrogens is 144 g/mol. The summed E-state index contributed by atoms with van der Waals surface area (Å²) >= 11 is 0. The smallest absolute Gasteiger partial charge is 0.0326 e. The van der Waals surface area contributed by atoms with Crippen molar-refractivity contribution in [2.45, 2.75) is 66.2 Å². The topological polar surface area (TPSA) is 0 Å². The number of rotatable bonds is 7. The van der Waals surface area contributed by atoms with Gasteiger partial charge in [-0.2, -0.15) is 0 Å². The number of hydrogen-bond donors (Lipinski definition) is 0. The normalized spacial score (nSPS) is 12.0. The Morgan fingerprint density at radius 2 is 1.67 bits per heavy atom. The van der Waals surface area contributed by atoms with Gasteiger partial charge in [-0.1, -0.05) is 59.8 Å². The monoisotopic (exact) mass is 169 g/mol. The summed E-state index contributed by atoms with van der Waals surface area (Å²) in [5.74, 6) is 0. The fourth-order valence-corrected chi connectivity index (χ4v) is 1.21. The molecule has 73 valence electrons. The van der Waals surface area contributed by atoms with Crippen LogP contribution in [-0.2, 0) is 0 Å². The first kappa shape index (κ1) is 12.0. The van der Waals surface area contributed by atoms with Gasteiger partial charge in [-0.15, -0.1) is 0 Å². The maximum absolute atomic E-state index is 2.49. The van der Waals surface area contributed by atoms with E-state index < -0.39 is 0 Å². The average molecular weight is 169 g/mol. The van der Waals surface area contributed by atoms with E-state index in [1.807, 2.05) is 0 Å². The number of hydrogen-bond acceptors (Lipinski definition) is 0. The summed E-state index contributed by atoms with van der Waals surface area (Å²) in [4.78, 5) is 0. The Balaban J connectivity index is 3.19. The minimum Gasteiger partial charge on any atom is -0.0654 e. The standard InChI is InChI=1S/C12H25/c1-5-7-8-9-10-11-12(3,4)6-2/h11H,5-10H2,1-4H3. The van der Waals surface area contributed by atoms with Crippen LogP contribution in [0.5, 0.6) is 0 Å². The van der Waals surface area contributed by atoms with E-state index in [-0.39, 0.29) is 0 Å². The van der Waals surface area contributed by atoms with Crippen LogP contribution in [-0.4, -0.2) is 0 Å². The first-order valence-corrected chi connectivity index (χ1v) is 5.46. The van der Waals surface area contributed by atoms with Crippen molar-refractivity contribution in [1.29, 1.82) is 0 Å². The molecule has 0 bridgehead atoms. The predicted molar refractivity (Wildman–Crippen MR) is 57.1 cm³/mol. The quantitative estimate of drug-likeness (QED) is 0.489. The van der Waals surface area contributed by atoms with Crippen LogP contribution in [0, 0.1) is 11.8 Å². The molecule has 0 fully saturated rings. The third-order valence-corrected chi connectivity index (χ3v) is 2.67. The molecular formula is C12H25. The second kappa shape index (κ2) is 6.51. The van der Waals surface area contributed by atoms with E-state index in [9.17, 15) is 0 Å². The molecule has 0 N–H and O–H groups in total. The second-order valence-electron chi connectivity index (χ2n) is 4.40. The van der Waals surface area contributed by atoms with Crippen molar-refractivity contribution >= 4 is 0 Å². The molecule has 0 saturated carbocycles. The lowest BCUT2D eigenvalue weighted by Crippen LogP contribution is -2.09. The highest BCUT2D eigenvalue weighted by molar-refractivity contribution is 4.83. The fourth-order valence-electron chi connectivity index (χ4n) is 1.21. The van der Waals surface area contributed by atoms with E-state index >= 15 is 0 Å². The zero-order valence-corrected chi connectivity index (χ0v) is 9.32. The van der Waals surface area contributed by atoms with Gasteiger partial charge >= 0.3 is 0 Å². The van der Waals surface area contributed by atoms with Gasteiger partial charge in [-0.3, -0.25) is 0 Å². The van der Waals surface area contributed by atoms with Gasteiger partial charge in [-0.25, -0.2) is 0 Å². The molecule has 0 aliphatic carbocycles. The van der Waals surface area contributed by atoms with E-state index in [4.69, 9.17) is 0 Å². The van der Waals surface area contributed by atoms with Gasteiger partial charge in [0.05, 0.1) is 0 Å². The molecule has 12 heavy (non-hydrogen) atoms. The van der Waals surface area contributed by atoms with Gasteiger partial charge in [0.1, 0.15) is 0 Å². The Bertz CT molecular complexity index is 92.2. The highest BCUT2D eigenvalue weighted by Crippen LogP contribution is 2.26. The molecule has 0 heteroatoms. The van der Waals surface area contributed by atoms with Crippen LogP contribution in [0.2, 0.25) is 0 Å². The van der Waals surface area contributed by atoms with Gasteiger partial charge in [0, 0.05) is 0 Å². The third-order valence-electron chi connectivity index (χ3n) is 2.67. The second-order valence-corrected chi connectivity index (χ2v) is 4.40. The zero-order chi connectivity index (χ0) is 9.45. The summed E-state index contributed by atoms with van der Waals surface area (Å²) in [5, 5.41) is 0. The molecule has 0 spiro atoms. The van der Waals surface area contributed by atoms with E-state index in [0.717, 1.165) is 0 Å². The van der Waals surface area contributed by atoms with E-state index in [0.29, 0.717) is 5.41 Å². The molecule has 0 aliphatic heterocycles. The summed E-state index contributed by atoms with van der Waals surface area (Å²) in [7, 11) is 0. The Morgan fingerprint density at radius 1 is 1.00 bits per heavy atom. The van der Waals surface area contributed by atoms with Crippen molar-refractivity contribution in [2.24, 2.45) is 5.41 Å². The van der Waals surface area contributed by atoms with Gasteiger partial charge in [-0.05, 0) is 18.3 Å². The molecule has 1 radical (unpaired) electrons. The first-order valence-electron chi connectivity index (χ1n) is 5.46. The lowest BCUT2D eigenvalue weighted by atomic mass is 9.84. The Labute approximate surface area is 78.8 Å². The molecule has 0 aromatic carbocycles. The lowest BCUT2D eigenvalue weighted by Gasteiger charge is -2.21. The van der Waals surface area contributed by atoms with Crippen molar-refractivity contribution in [2.75, 3.05) is 0 Å². The van der Waals surface area contributed by atoms with Crippen molar-refractivity contribution in [3.8, 4) is 0 Å². The first-order chi connectivity index (χ1) is 5.62. The SMILES string of the molecule is CCCCCC[CH]C(C)(C)CC. The molecule has 0 aromatic rings. The van der Waals surface area contributed by atoms with Crippen LogP contribution in [0.4, 0.5) is 0 Å². The molecule has 0 nitrogen and oxygen atoms in total. The van der Waals surface area contributed by atoms with Crippen LogP contribution in [0.25, 0.3) is 0 Å². The molecule has 0 aliphatic rings. The molecule has 0 atom stereocenters. The van der Waals surface area contributed by atoms with Crippen LogP contribution >= 0.6 is 0 Å². The maximum atomic E-state index is 2.49. The van der Waals surface area contributed by atoms with E-state index in [2.05, 4.69) is 34.1 Å². The van der Waals surface area contributed by atoms with Crippen LogP contribution in [0.1, 0.15) is 66.2 Å². The van der Waals surface area contributed by atoms with Crippen molar-refractivity contribution in [3.63, 3.8) is 0 Å². The summed E-state index contributed by atoms with van der Waals surface area (Å²) in [5.41, 5.74) is 0.464. The van der Waals surface area contributed by atoms with E-state index in [1.54, 1.807) is 0 Å². The molecule has 0 amide bonds. The Hall–Kier alpha value is 0. The molecule has 0 aromatic heterocycles. The average Bonchev–Trinajstić information content (AvgIpc) is 2.04. The minimum absolute atomic E-state index is 0.464. The van der Waals surface area contributed by atoms with Crippen LogP contribution < -0.4 is 0 Å². The Morgan fingerprint density at radius 3 is 2.17 bits per heavy atom. The molecule has 0 rings (SSSR count). The molecule has 0 saturated heterocycles. The van der Waals surface area contributed by atoms with Crippen molar-refractivity contribution < 1.29 is 0 Å². The minimum atomic E-state index is 0.464. The molecule has 0 unspecified atom stereocenters. The van der Waals surface area contributed by atoms with Gasteiger partial charge in [0.25, 0.3) is 0 Å². The maximum Gasteiger partial charge on any atom is -0.0326 e. The van der Waals surface area contributed by atoms with Gasteiger partial charge in [0.15, 0.2) is 0 Å². The predicted octanol–water partition coefficient (Wildman–Crippen LogP) is 4.60.